The first kappa shape index (κ1) is 57.7. The molecule has 0 bridgehead atoms. The minimum atomic E-state index is -5.08. The number of carbonyl (C=O) groups is 9. The second kappa shape index (κ2) is 26.6. The van der Waals surface area contributed by atoms with Crippen LogP contribution in [0.25, 0.3) is 0 Å². The standard InChI is InChI=1S/C47H60N8O9S.C2HF3O2/c1-27(2)23-37(53-39(56)24-51-44(60)35(49)26-65-25-30-16-18-31(64-5)19-17-30)46(62)54-21-9-15-38(54)47(63)55(45(61)29(4)52-43(59)28(3)48)22-10-20-50-36-14-8-13-34-40(36)42(58)33-12-7-6-11-32(33)41(34)57;3-2(4,5)1(6)7/h6-8,11-14,16-19,27-29,35,37-38,50H,9-10,15,20-26,48-49H2,1-5H3,(H,51,60)(H,52,59)(H,53,56);(H,6,7)/t28-,29-,35-,37-,38-;/m0./s1. The normalized spacial score (nSPS) is 15.6. The molecule has 3 aromatic carbocycles. The Morgan fingerprint density at radius 1 is 0.875 bits per heavy atom. The first-order valence-electron chi connectivity index (χ1n) is 23.1. The molecule has 72 heavy (non-hydrogen) atoms. The summed E-state index contributed by atoms with van der Waals surface area (Å²) in [7, 11) is 1.59. The maximum Gasteiger partial charge on any atom is 0.490 e. The van der Waals surface area contributed by atoms with Crippen LogP contribution in [0.4, 0.5) is 18.9 Å². The van der Waals surface area contributed by atoms with E-state index in [1.807, 2.05) is 38.1 Å². The van der Waals surface area contributed by atoms with Crippen molar-refractivity contribution in [1.82, 2.24) is 25.8 Å². The molecule has 9 N–H and O–H groups in total. The highest BCUT2D eigenvalue weighted by Gasteiger charge is 2.42. The molecule has 0 radical (unpaired) electrons. The summed E-state index contributed by atoms with van der Waals surface area (Å²) < 4.78 is 36.9. The second-order valence-corrected chi connectivity index (χ2v) is 18.5. The fourth-order valence-electron chi connectivity index (χ4n) is 7.73. The number of methoxy groups -OCH3 is 1. The monoisotopic (exact) mass is 1030 g/mol. The zero-order valence-corrected chi connectivity index (χ0v) is 41.3. The van der Waals surface area contributed by atoms with Crippen molar-refractivity contribution in [2.75, 3.05) is 44.4 Å². The number of nitrogens with two attached hydrogens (primary N) is 2. The molecular weight excluding hydrogens is 966 g/mol. The summed E-state index contributed by atoms with van der Waals surface area (Å²) in [6.45, 7) is 6.48. The lowest BCUT2D eigenvalue weighted by Crippen LogP contribution is -2.58. The molecule has 2 aliphatic rings. The number of aliphatic carboxylic acids is 1. The summed E-state index contributed by atoms with van der Waals surface area (Å²) in [5, 5.41) is 18.2. The van der Waals surface area contributed by atoms with Crippen molar-refractivity contribution >= 4 is 70.4 Å². The number of alkyl halides is 3. The SMILES string of the molecule is COc1ccc(CSC[C@H](N)C(=O)NCC(=O)N[C@@H](CC(C)C)C(=O)N2CCC[C@H]2C(=O)N(CCCNc2cccc3c2C(=O)c2ccccc2C3=O)C(=O)[C@H](C)NC(=O)[C@H](C)N)cc1.O=C(O)C(F)(F)F. The lowest BCUT2D eigenvalue weighted by molar-refractivity contribution is -0.192. The van der Waals surface area contributed by atoms with Crippen LogP contribution in [-0.2, 0) is 39.3 Å². The summed E-state index contributed by atoms with van der Waals surface area (Å²) in [6.07, 6.45) is -3.97. The highest BCUT2D eigenvalue weighted by Crippen LogP contribution is 2.32. The molecule has 23 heteroatoms. The van der Waals surface area contributed by atoms with E-state index in [1.54, 1.807) is 49.6 Å². The molecule has 0 unspecified atom stereocenters. The molecule has 1 heterocycles. The molecule has 1 aliphatic carbocycles. The number of nitrogens with zero attached hydrogens (tertiary/aromatic N) is 2. The van der Waals surface area contributed by atoms with Crippen molar-refractivity contribution in [3.8, 4) is 5.75 Å². The molecule has 5 rings (SSSR count). The zero-order valence-electron chi connectivity index (χ0n) is 40.5. The maximum atomic E-state index is 14.5. The number of carboxylic acids is 1. The average molecular weight is 1030 g/mol. The fourth-order valence-corrected chi connectivity index (χ4v) is 8.68. The first-order chi connectivity index (χ1) is 34.0. The van der Waals surface area contributed by atoms with Gasteiger partial charge >= 0.3 is 12.1 Å². The van der Waals surface area contributed by atoms with Gasteiger partial charge in [0.2, 0.25) is 23.6 Å². The first-order valence-corrected chi connectivity index (χ1v) is 24.2. The van der Waals surface area contributed by atoms with Crippen molar-refractivity contribution in [2.24, 2.45) is 17.4 Å². The number of benzene rings is 3. The number of carboxylic acid groups (broad SMARTS) is 1. The minimum absolute atomic E-state index is 0.0508. The number of ketones is 2. The van der Waals surface area contributed by atoms with E-state index in [0.717, 1.165) is 16.2 Å². The Hall–Kier alpha value is -6.85. The number of ether oxygens (including phenoxy) is 1. The Balaban J connectivity index is 0.00000149. The summed E-state index contributed by atoms with van der Waals surface area (Å²) in [5.41, 5.74) is 14.4. The van der Waals surface area contributed by atoms with Gasteiger partial charge in [-0.05, 0) is 69.2 Å². The number of rotatable bonds is 21. The number of hydrogen-bond acceptors (Lipinski definition) is 14. The number of fused-ring (bicyclic) bond motifs is 2. The quantitative estimate of drug-likeness (QED) is 0.0591. The van der Waals surface area contributed by atoms with Crippen LogP contribution in [-0.4, -0.2) is 143 Å². The van der Waals surface area contributed by atoms with Crippen molar-refractivity contribution in [1.29, 1.82) is 0 Å². The van der Waals surface area contributed by atoms with E-state index >= 15 is 0 Å². The molecule has 1 fully saturated rings. The van der Waals surface area contributed by atoms with E-state index in [2.05, 4.69) is 21.3 Å². The van der Waals surface area contributed by atoms with E-state index in [4.69, 9.17) is 26.1 Å². The smallest absolute Gasteiger partial charge is 0.490 e. The van der Waals surface area contributed by atoms with Gasteiger partial charge in [-0.1, -0.05) is 62.4 Å². The number of nitrogens with one attached hydrogen (secondary N) is 4. The second-order valence-electron chi connectivity index (χ2n) is 17.5. The Bertz CT molecular complexity index is 2470. The number of thioether (sulfide) groups is 1. The van der Waals surface area contributed by atoms with Gasteiger partial charge in [-0.2, -0.15) is 24.9 Å². The number of likely N-dealkylation sites (tertiary alicyclic amines) is 1. The largest absolute Gasteiger partial charge is 0.497 e. The number of carbonyl (C=O) groups excluding carboxylic acids is 8. The Kier molecular flexibility index (Phi) is 21.3. The molecule has 390 valence electrons. The number of hydrogen-bond donors (Lipinski definition) is 7. The highest BCUT2D eigenvalue weighted by molar-refractivity contribution is 7.98. The molecule has 3 aromatic rings. The van der Waals surface area contributed by atoms with Crippen LogP contribution in [0.5, 0.6) is 5.75 Å². The molecular formula is C49H61F3N8O11S. The van der Waals surface area contributed by atoms with E-state index < -0.39 is 84.3 Å². The van der Waals surface area contributed by atoms with Gasteiger partial charge in [-0.25, -0.2) is 4.79 Å². The zero-order chi connectivity index (χ0) is 53.4. The van der Waals surface area contributed by atoms with Crippen molar-refractivity contribution in [3.05, 3.63) is 94.5 Å². The Morgan fingerprint density at radius 2 is 1.50 bits per heavy atom. The van der Waals surface area contributed by atoms with Gasteiger partial charge in [0.15, 0.2) is 11.6 Å². The maximum absolute atomic E-state index is 14.5. The third-order valence-electron chi connectivity index (χ3n) is 11.4. The lowest BCUT2D eigenvalue weighted by Gasteiger charge is -2.33. The molecule has 0 saturated carbocycles. The van der Waals surface area contributed by atoms with Gasteiger partial charge in [0.25, 0.3) is 11.8 Å². The molecule has 1 aliphatic heterocycles. The van der Waals surface area contributed by atoms with Gasteiger partial charge in [0, 0.05) is 53.5 Å². The van der Waals surface area contributed by atoms with E-state index in [-0.39, 0.29) is 67.5 Å². The van der Waals surface area contributed by atoms with E-state index in [0.29, 0.717) is 34.7 Å². The fraction of sp³-hybridized carbons (Fsp3) is 0.449. The van der Waals surface area contributed by atoms with Gasteiger partial charge < -0.3 is 47.5 Å². The predicted octanol–water partition coefficient (Wildman–Crippen LogP) is 3.01. The van der Waals surface area contributed by atoms with Gasteiger partial charge in [0.1, 0.15) is 23.9 Å². The van der Waals surface area contributed by atoms with Crippen molar-refractivity contribution in [3.63, 3.8) is 0 Å². The summed E-state index contributed by atoms with van der Waals surface area (Å²) in [4.78, 5) is 119. The highest BCUT2D eigenvalue weighted by atomic mass is 32.2. The predicted molar refractivity (Wildman–Crippen MR) is 261 cm³/mol. The van der Waals surface area contributed by atoms with Crippen molar-refractivity contribution in [2.45, 2.75) is 95.5 Å². The van der Waals surface area contributed by atoms with Crippen LogP contribution in [0.3, 0.4) is 0 Å². The van der Waals surface area contributed by atoms with Crippen LogP contribution in [0.2, 0.25) is 0 Å². The Morgan fingerprint density at radius 3 is 2.10 bits per heavy atom. The van der Waals surface area contributed by atoms with Crippen LogP contribution in [0.15, 0.2) is 66.7 Å². The molecule has 0 aromatic heterocycles. The van der Waals surface area contributed by atoms with Gasteiger partial charge in [-0.3, -0.25) is 43.3 Å². The summed E-state index contributed by atoms with van der Waals surface area (Å²) in [6, 6.07) is 14.0. The topological polar surface area (TPSA) is 290 Å². The third-order valence-corrected chi connectivity index (χ3v) is 12.5. The number of amides is 6. The number of imide groups is 1. The average Bonchev–Trinajstić information content (AvgIpc) is 3.84. The summed E-state index contributed by atoms with van der Waals surface area (Å²) >= 11 is 1.47. The third kappa shape index (κ3) is 15.8. The molecule has 5 atom stereocenters. The molecule has 0 spiro atoms. The van der Waals surface area contributed by atoms with Crippen LogP contribution in [0, 0.1) is 5.92 Å². The Labute approximate surface area is 418 Å². The van der Waals surface area contributed by atoms with Crippen LogP contribution in [0.1, 0.15) is 90.8 Å². The minimum Gasteiger partial charge on any atom is -0.497 e. The lowest BCUT2D eigenvalue weighted by atomic mass is 9.83. The van der Waals surface area contributed by atoms with Gasteiger partial charge in [0.05, 0.1) is 31.3 Å². The molecule has 19 nitrogen and oxygen atoms in total. The van der Waals surface area contributed by atoms with Crippen LogP contribution >= 0.6 is 11.8 Å². The summed E-state index contributed by atoms with van der Waals surface area (Å²) in [5.74, 6) is -5.33. The molecule has 6 amide bonds. The van der Waals surface area contributed by atoms with Crippen molar-refractivity contribution < 1.29 is 66.2 Å². The number of anilines is 1. The van der Waals surface area contributed by atoms with E-state index in [1.165, 1.54) is 30.5 Å². The van der Waals surface area contributed by atoms with Crippen LogP contribution < -0.4 is 37.5 Å². The van der Waals surface area contributed by atoms with E-state index in [9.17, 15) is 51.5 Å². The van der Waals surface area contributed by atoms with Gasteiger partial charge in [-0.15, -0.1) is 0 Å². The number of halogens is 3. The molecule has 1 saturated heterocycles.